The topological polar surface area (TPSA) is 49.9 Å². The summed E-state index contributed by atoms with van der Waals surface area (Å²) in [6.07, 6.45) is 1.09. The lowest BCUT2D eigenvalue weighted by molar-refractivity contribution is 0.0205. The Kier molecular flexibility index (Phi) is 7.96. The molecule has 1 aliphatic rings. The zero-order valence-corrected chi connectivity index (χ0v) is 23.8. The standard InChI is InChI=1S/C33H40N2O3/c1-22-11-13-29(14-12-22)35(30-15-17-34(18-16-30)32(37)38-33(5,6)7)31(36)27-10-8-9-26(21-27)28-19-23(2)25(4)24(3)20-28/h8-14,19-21,30H,15-18H2,1-7H3. The fourth-order valence-electron chi connectivity index (χ4n) is 5.01. The summed E-state index contributed by atoms with van der Waals surface area (Å²) < 4.78 is 5.57. The number of carbonyl (C=O) groups is 2. The van der Waals surface area contributed by atoms with Crippen molar-refractivity contribution >= 4 is 17.7 Å². The molecule has 1 saturated heterocycles. The Morgan fingerprint density at radius 3 is 2.03 bits per heavy atom. The van der Waals surface area contributed by atoms with Crippen LogP contribution in [0.3, 0.4) is 0 Å². The van der Waals surface area contributed by atoms with Gasteiger partial charge in [-0.3, -0.25) is 4.79 Å². The van der Waals surface area contributed by atoms with Crippen molar-refractivity contribution in [2.45, 2.75) is 73.0 Å². The smallest absolute Gasteiger partial charge is 0.410 e. The first-order valence-corrected chi connectivity index (χ1v) is 13.5. The van der Waals surface area contributed by atoms with Crippen LogP contribution in [0.1, 0.15) is 66.2 Å². The lowest BCUT2D eigenvalue weighted by atomic mass is 9.95. The molecule has 0 aliphatic carbocycles. The normalized spacial score (nSPS) is 14.3. The van der Waals surface area contributed by atoms with E-state index in [1.54, 1.807) is 4.90 Å². The Bertz CT molecular complexity index is 1290. The second-order valence-electron chi connectivity index (χ2n) is 11.5. The van der Waals surface area contributed by atoms with Gasteiger partial charge in [0.2, 0.25) is 0 Å². The molecule has 0 bridgehead atoms. The number of piperidine rings is 1. The molecule has 3 aromatic carbocycles. The number of amides is 2. The average Bonchev–Trinajstić information content (AvgIpc) is 2.87. The molecule has 0 N–H and O–H groups in total. The molecular formula is C33H40N2O3. The summed E-state index contributed by atoms with van der Waals surface area (Å²) in [6.45, 7) is 15.2. The second-order valence-corrected chi connectivity index (χ2v) is 11.5. The number of anilines is 1. The van der Waals surface area contributed by atoms with Gasteiger partial charge >= 0.3 is 6.09 Å². The Hall–Kier alpha value is -3.60. The number of rotatable bonds is 4. The largest absolute Gasteiger partial charge is 0.444 e. The highest BCUT2D eigenvalue weighted by atomic mass is 16.6. The van der Waals surface area contributed by atoms with Crippen molar-refractivity contribution in [2.24, 2.45) is 0 Å². The first kappa shape index (κ1) is 27.4. The van der Waals surface area contributed by atoms with Crippen LogP contribution in [0.5, 0.6) is 0 Å². The van der Waals surface area contributed by atoms with Gasteiger partial charge in [-0.25, -0.2) is 4.79 Å². The molecule has 0 radical (unpaired) electrons. The third-order valence-electron chi connectivity index (χ3n) is 7.38. The molecule has 1 aliphatic heterocycles. The van der Waals surface area contributed by atoms with Crippen molar-refractivity contribution < 1.29 is 14.3 Å². The van der Waals surface area contributed by atoms with Crippen molar-refractivity contribution in [1.29, 1.82) is 0 Å². The number of hydrogen-bond donors (Lipinski definition) is 0. The van der Waals surface area contributed by atoms with Crippen molar-refractivity contribution in [3.8, 4) is 11.1 Å². The van der Waals surface area contributed by atoms with Gasteiger partial charge in [-0.2, -0.15) is 0 Å². The summed E-state index contributed by atoms with van der Waals surface area (Å²) in [5, 5.41) is 0. The predicted octanol–water partition coefficient (Wildman–Crippen LogP) is 7.63. The van der Waals surface area contributed by atoms with E-state index in [0.29, 0.717) is 31.5 Å². The van der Waals surface area contributed by atoms with Gasteiger partial charge < -0.3 is 14.5 Å². The summed E-state index contributed by atoms with van der Waals surface area (Å²) in [7, 11) is 0. The van der Waals surface area contributed by atoms with Gasteiger partial charge in [0.1, 0.15) is 5.60 Å². The lowest BCUT2D eigenvalue weighted by Crippen LogP contribution is -2.50. The van der Waals surface area contributed by atoms with E-state index in [4.69, 9.17) is 4.74 Å². The molecule has 200 valence electrons. The Labute approximate surface area is 227 Å². The fourth-order valence-corrected chi connectivity index (χ4v) is 5.01. The van der Waals surface area contributed by atoms with Gasteiger partial charge in [-0.05, 0) is 113 Å². The van der Waals surface area contributed by atoms with E-state index in [0.717, 1.165) is 22.4 Å². The van der Waals surface area contributed by atoms with Crippen molar-refractivity contribution in [3.63, 3.8) is 0 Å². The number of benzene rings is 3. The lowest BCUT2D eigenvalue weighted by Gasteiger charge is -2.39. The van der Waals surface area contributed by atoms with E-state index in [1.807, 2.05) is 75.1 Å². The summed E-state index contributed by atoms with van der Waals surface area (Å²) >= 11 is 0. The zero-order valence-electron chi connectivity index (χ0n) is 23.8. The van der Waals surface area contributed by atoms with Crippen LogP contribution in [0, 0.1) is 27.7 Å². The van der Waals surface area contributed by atoms with Crippen LogP contribution in [-0.2, 0) is 4.74 Å². The van der Waals surface area contributed by atoms with E-state index in [-0.39, 0.29) is 18.0 Å². The van der Waals surface area contributed by atoms with Crippen molar-refractivity contribution in [3.05, 3.63) is 88.5 Å². The maximum Gasteiger partial charge on any atom is 0.410 e. The minimum atomic E-state index is -0.530. The number of carbonyl (C=O) groups excluding carboxylic acids is 2. The van der Waals surface area contributed by atoms with Crippen LogP contribution in [0.25, 0.3) is 11.1 Å². The molecule has 1 fully saturated rings. The van der Waals surface area contributed by atoms with Gasteiger partial charge in [0.15, 0.2) is 0 Å². The first-order valence-electron chi connectivity index (χ1n) is 13.5. The molecule has 0 unspecified atom stereocenters. The second kappa shape index (κ2) is 11.0. The van der Waals surface area contributed by atoms with Gasteiger partial charge in [0, 0.05) is 30.4 Å². The SMILES string of the molecule is Cc1ccc(N(C(=O)c2cccc(-c3cc(C)c(C)c(C)c3)c2)C2CCN(C(=O)OC(C)(C)C)CC2)cc1. The van der Waals surface area contributed by atoms with Gasteiger partial charge in [-0.1, -0.05) is 42.0 Å². The highest BCUT2D eigenvalue weighted by Crippen LogP contribution is 2.30. The maximum atomic E-state index is 14.1. The van der Waals surface area contributed by atoms with Gasteiger partial charge in [-0.15, -0.1) is 0 Å². The van der Waals surface area contributed by atoms with Crippen molar-refractivity contribution in [1.82, 2.24) is 4.90 Å². The van der Waals surface area contributed by atoms with E-state index < -0.39 is 5.60 Å². The molecule has 5 nitrogen and oxygen atoms in total. The number of ether oxygens (including phenoxy) is 1. The minimum Gasteiger partial charge on any atom is -0.444 e. The Morgan fingerprint density at radius 2 is 1.45 bits per heavy atom. The summed E-state index contributed by atoms with van der Waals surface area (Å²) in [4.78, 5) is 30.4. The molecule has 0 atom stereocenters. The van der Waals surface area contributed by atoms with Crippen LogP contribution >= 0.6 is 0 Å². The van der Waals surface area contributed by atoms with Gasteiger partial charge in [0.05, 0.1) is 0 Å². The summed E-state index contributed by atoms with van der Waals surface area (Å²) in [5.41, 5.74) is 8.09. The number of aryl methyl sites for hydroxylation is 3. The molecule has 0 aromatic heterocycles. The molecule has 2 amide bonds. The van der Waals surface area contributed by atoms with Crippen LogP contribution in [-0.4, -0.2) is 41.6 Å². The Morgan fingerprint density at radius 1 is 0.842 bits per heavy atom. The quantitative estimate of drug-likeness (QED) is 0.361. The minimum absolute atomic E-state index is 0.0172. The molecule has 4 rings (SSSR count). The van der Waals surface area contributed by atoms with Crippen LogP contribution in [0.15, 0.2) is 60.7 Å². The molecule has 5 heteroatoms. The number of likely N-dealkylation sites (tertiary alicyclic amines) is 1. The number of nitrogens with zero attached hydrogens (tertiary/aromatic N) is 2. The third kappa shape index (κ3) is 6.27. The molecule has 0 saturated carbocycles. The summed E-state index contributed by atoms with van der Waals surface area (Å²) in [5.74, 6) is -0.0213. The maximum absolute atomic E-state index is 14.1. The van der Waals surface area contributed by atoms with Crippen LogP contribution < -0.4 is 4.90 Å². The van der Waals surface area contributed by atoms with Crippen molar-refractivity contribution in [2.75, 3.05) is 18.0 Å². The van der Waals surface area contributed by atoms with E-state index in [9.17, 15) is 9.59 Å². The average molecular weight is 513 g/mol. The highest BCUT2D eigenvalue weighted by molar-refractivity contribution is 6.07. The fraction of sp³-hybridized carbons (Fsp3) is 0.394. The highest BCUT2D eigenvalue weighted by Gasteiger charge is 2.33. The van der Waals surface area contributed by atoms with Gasteiger partial charge in [0.25, 0.3) is 5.91 Å². The predicted molar refractivity (Wildman–Crippen MR) is 155 cm³/mol. The molecule has 1 heterocycles. The zero-order chi connectivity index (χ0) is 27.6. The Balaban J connectivity index is 1.62. The first-order chi connectivity index (χ1) is 17.9. The van der Waals surface area contributed by atoms with Crippen LogP contribution in [0.4, 0.5) is 10.5 Å². The van der Waals surface area contributed by atoms with E-state index >= 15 is 0 Å². The number of hydrogen-bond acceptors (Lipinski definition) is 3. The molecular weight excluding hydrogens is 472 g/mol. The third-order valence-corrected chi connectivity index (χ3v) is 7.38. The van der Waals surface area contributed by atoms with Crippen LogP contribution in [0.2, 0.25) is 0 Å². The van der Waals surface area contributed by atoms with E-state index in [2.05, 4.69) is 39.0 Å². The monoisotopic (exact) mass is 512 g/mol. The molecule has 38 heavy (non-hydrogen) atoms. The van der Waals surface area contributed by atoms with E-state index in [1.165, 1.54) is 16.7 Å². The molecule has 3 aromatic rings. The summed E-state index contributed by atoms with van der Waals surface area (Å²) in [6, 6.07) is 20.4. The molecule has 0 spiro atoms.